The summed E-state index contributed by atoms with van der Waals surface area (Å²) in [6, 6.07) is 4.45. The monoisotopic (exact) mass is 245 g/mol. The Morgan fingerprint density at radius 2 is 2.12 bits per heavy atom. The molecule has 0 spiro atoms. The summed E-state index contributed by atoms with van der Waals surface area (Å²) in [5, 5.41) is 3.19. The minimum atomic E-state index is -4.64. The van der Waals surface area contributed by atoms with Gasteiger partial charge in [-0.15, -0.1) is 13.2 Å². The molecular weight excluding hydrogens is 231 g/mol. The van der Waals surface area contributed by atoms with E-state index >= 15 is 0 Å². The fraction of sp³-hybridized carbons (Fsp3) is 0.500. The number of halogens is 3. The van der Waals surface area contributed by atoms with Gasteiger partial charge in [0.1, 0.15) is 5.75 Å². The molecule has 5 heteroatoms. The Balaban J connectivity index is 2.34. The third-order valence-corrected chi connectivity index (χ3v) is 3.32. The molecule has 1 atom stereocenters. The zero-order valence-corrected chi connectivity index (χ0v) is 9.69. The van der Waals surface area contributed by atoms with Gasteiger partial charge in [0.15, 0.2) is 0 Å². The van der Waals surface area contributed by atoms with Gasteiger partial charge in [-0.3, -0.25) is 0 Å². The van der Waals surface area contributed by atoms with E-state index in [-0.39, 0.29) is 11.2 Å². The topological polar surface area (TPSA) is 21.3 Å². The van der Waals surface area contributed by atoms with Gasteiger partial charge in [0.05, 0.1) is 0 Å². The molecule has 0 radical (unpaired) electrons. The van der Waals surface area contributed by atoms with Gasteiger partial charge >= 0.3 is 6.36 Å². The second-order valence-electron chi connectivity index (χ2n) is 4.52. The van der Waals surface area contributed by atoms with E-state index in [9.17, 15) is 13.2 Å². The summed E-state index contributed by atoms with van der Waals surface area (Å²) < 4.78 is 40.3. The van der Waals surface area contributed by atoms with Crippen LogP contribution >= 0.6 is 0 Å². The second kappa shape index (κ2) is 3.82. The van der Waals surface area contributed by atoms with Crippen LogP contribution in [0.4, 0.5) is 18.9 Å². The van der Waals surface area contributed by atoms with E-state index in [1.807, 2.05) is 13.8 Å². The lowest BCUT2D eigenvalue weighted by molar-refractivity contribution is -0.274. The summed E-state index contributed by atoms with van der Waals surface area (Å²) in [5.74, 6) is -0.153. The molecule has 1 N–H and O–H groups in total. The number of fused-ring (bicyclic) bond motifs is 1. The lowest BCUT2D eigenvalue weighted by atomic mass is 9.82. The first-order valence-corrected chi connectivity index (χ1v) is 5.48. The maximum absolute atomic E-state index is 12.1. The van der Waals surface area contributed by atoms with E-state index in [1.165, 1.54) is 12.1 Å². The van der Waals surface area contributed by atoms with Gasteiger partial charge in [0.25, 0.3) is 0 Å². The van der Waals surface area contributed by atoms with Crippen LogP contribution in [0.2, 0.25) is 0 Å². The fourth-order valence-electron chi connectivity index (χ4n) is 2.07. The number of hydrogen-bond donors (Lipinski definition) is 1. The number of nitrogens with one attached hydrogen (secondary N) is 1. The van der Waals surface area contributed by atoms with Crippen LogP contribution in [-0.2, 0) is 5.41 Å². The van der Waals surface area contributed by atoms with Crippen LogP contribution in [0.15, 0.2) is 18.2 Å². The smallest absolute Gasteiger partial charge is 0.406 e. The van der Waals surface area contributed by atoms with Crippen LogP contribution in [0.5, 0.6) is 5.75 Å². The lowest BCUT2D eigenvalue weighted by Crippen LogP contribution is -2.23. The Bertz CT molecular complexity index is 430. The van der Waals surface area contributed by atoms with E-state index < -0.39 is 6.36 Å². The van der Waals surface area contributed by atoms with Crippen LogP contribution in [0.3, 0.4) is 0 Å². The zero-order chi connectivity index (χ0) is 12.7. The summed E-state index contributed by atoms with van der Waals surface area (Å²) in [7, 11) is 0. The maximum Gasteiger partial charge on any atom is 0.573 e. The third kappa shape index (κ3) is 2.33. The highest BCUT2D eigenvalue weighted by Crippen LogP contribution is 2.41. The normalized spacial score (nSPS) is 23.1. The Hall–Kier alpha value is -1.39. The average molecular weight is 245 g/mol. The van der Waals surface area contributed by atoms with Gasteiger partial charge in [0, 0.05) is 17.6 Å². The number of anilines is 1. The first-order valence-electron chi connectivity index (χ1n) is 5.48. The van der Waals surface area contributed by atoms with Gasteiger partial charge < -0.3 is 10.1 Å². The van der Waals surface area contributed by atoms with Gasteiger partial charge in [0.2, 0.25) is 0 Å². The highest BCUT2D eigenvalue weighted by atomic mass is 19.4. The number of hydrogen-bond acceptors (Lipinski definition) is 2. The number of benzene rings is 1. The molecule has 0 unspecified atom stereocenters. The predicted molar refractivity (Wildman–Crippen MR) is 59.3 cm³/mol. The minimum absolute atomic E-state index is 0.125. The number of ether oxygens (including phenoxy) is 1. The van der Waals surface area contributed by atoms with E-state index in [0.717, 1.165) is 24.2 Å². The Labute approximate surface area is 97.8 Å². The molecule has 0 saturated heterocycles. The van der Waals surface area contributed by atoms with Gasteiger partial charge in [-0.05, 0) is 30.2 Å². The molecule has 2 rings (SSSR count). The quantitative estimate of drug-likeness (QED) is 0.858. The van der Waals surface area contributed by atoms with E-state index in [4.69, 9.17) is 0 Å². The van der Waals surface area contributed by atoms with E-state index in [2.05, 4.69) is 10.1 Å². The highest BCUT2D eigenvalue weighted by molar-refractivity contribution is 5.62. The highest BCUT2D eigenvalue weighted by Gasteiger charge is 2.35. The first-order chi connectivity index (χ1) is 7.84. The zero-order valence-electron chi connectivity index (χ0n) is 9.69. The van der Waals surface area contributed by atoms with Crippen molar-refractivity contribution in [3.8, 4) is 5.75 Å². The van der Waals surface area contributed by atoms with Crippen molar-refractivity contribution in [1.29, 1.82) is 0 Å². The SMILES string of the molecule is CC[C@]1(C)CNc2ccc(OC(F)(F)F)cc21. The molecule has 2 nitrogen and oxygen atoms in total. The Morgan fingerprint density at radius 3 is 2.71 bits per heavy atom. The van der Waals surface area contributed by atoms with Crippen molar-refractivity contribution >= 4 is 5.69 Å². The molecule has 17 heavy (non-hydrogen) atoms. The standard InChI is InChI=1S/C12H14F3NO/c1-3-11(2)7-16-10-5-4-8(6-9(10)11)17-12(13,14)15/h4-6,16H,3,7H2,1-2H3/t11-/m1/s1. The lowest BCUT2D eigenvalue weighted by Gasteiger charge is -2.22. The molecule has 94 valence electrons. The summed E-state index contributed by atoms with van der Waals surface area (Å²) >= 11 is 0. The molecule has 1 aliphatic rings. The molecule has 0 aliphatic carbocycles. The van der Waals surface area contributed by atoms with Crippen LogP contribution in [0.1, 0.15) is 25.8 Å². The maximum atomic E-state index is 12.1. The predicted octanol–water partition coefficient (Wildman–Crippen LogP) is 3.68. The number of rotatable bonds is 2. The second-order valence-corrected chi connectivity index (χ2v) is 4.52. The van der Waals surface area contributed by atoms with Gasteiger partial charge in [-0.2, -0.15) is 0 Å². The van der Waals surface area contributed by atoms with Crippen molar-refractivity contribution in [2.75, 3.05) is 11.9 Å². The van der Waals surface area contributed by atoms with E-state index in [0.29, 0.717) is 0 Å². The van der Waals surface area contributed by atoms with Crippen molar-refractivity contribution in [2.24, 2.45) is 0 Å². The molecular formula is C12H14F3NO. The van der Waals surface area contributed by atoms with Crippen LogP contribution in [0, 0.1) is 0 Å². The average Bonchev–Trinajstić information content (AvgIpc) is 2.55. The fourth-order valence-corrected chi connectivity index (χ4v) is 2.07. The Morgan fingerprint density at radius 1 is 1.41 bits per heavy atom. The molecule has 0 fully saturated rings. The molecule has 1 aliphatic heterocycles. The molecule has 0 saturated carbocycles. The molecule has 0 aromatic heterocycles. The number of alkyl halides is 3. The van der Waals surface area contributed by atoms with Crippen LogP contribution in [-0.4, -0.2) is 12.9 Å². The summed E-state index contributed by atoms with van der Waals surface area (Å²) in [6.07, 6.45) is -3.77. The molecule has 0 amide bonds. The molecule has 1 heterocycles. The summed E-state index contributed by atoms with van der Waals surface area (Å²) in [6.45, 7) is 4.80. The largest absolute Gasteiger partial charge is 0.573 e. The van der Waals surface area contributed by atoms with Gasteiger partial charge in [-0.25, -0.2) is 0 Å². The molecule has 0 bridgehead atoms. The third-order valence-electron chi connectivity index (χ3n) is 3.32. The van der Waals surface area contributed by atoms with Crippen molar-refractivity contribution in [2.45, 2.75) is 32.0 Å². The Kier molecular flexibility index (Phi) is 2.72. The first kappa shape index (κ1) is 12.1. The van der Waals surface area contributed by atoms with Crippen LogP contribution < -0.4 is 10.1 Å². The van der Waals surface area contributed by atoms with Crippen LogP contribution in [0.25, 0.3) is 0 Å². The van der Waals surface area contributed by atoms with E-state index in [1.54, 1.807) is 6.07 Å². The molecule has 1 aromatic rings. The van der Waals surface area contributed by atoms with Crippen molar-refractivity contribution < 1.29 is 17.9 Å². The summed E-state index contributed by atoms with van der Waals surface area (Å²) in [5.41, 5.74) is 1.66. The summed E-state index contributed by atoms with van der Waals surface area (Å²) in [4.78, 5) is 0. The molecule has 1 aromatic carbocycles. The minimum Gasteiger partial charge on any atom is -0.406 e. The van der Waals surface area contributed by atoms with Crippen molar-refractivity contribution in [1.82, 2.24) is 0 Å². The van der Waals surface area contributed by atoms with Crippen molar-refractivity contribution in [3.05, 3.63) is 23.8 Å². The van der Waals surface area contributed by atoms with Crippen molar-refractivity contribution in [3.63, 3.8) is 0 Å². The van der Waals surface area contributed by atoms with Gasteiger partial charge in [-0.1, -0.05) is 13.8 Å².